The van der Waals surface area contributed by atoms with Crippen molar-refractivity contribution in [3.63, 3.8) is 0 Å². The molecule has 1 aliphatic heterocycles. The van der Waals surface area contributed by atoms with Crippen molar-refractivity contribution in [2.45, 2.75) is 37.8 Å². The van der Waals surface area contributed by atoms with Crippen LogP contribution in [0.1, 0.15) is 24.8 Å². The first kappa shape index (κ1) is 15.0. The van der Waals surface area contributed by atoms with Gasteiger partial charge in [0.1, 0.15) is 0 Å². The normalized spacial score (nSPS) is 21.4. The molecule has 20 heavy (non-hydrogen) atoms. The van der Waals surface area contributed by atoms with Crippen LogP contribution in [0.2, 0.25) is 0 Å². The van der Waals surface area contributed by atoms with E-state index in [0.29, 0.717) is 19.0 Å². The van der Waals surface area contributed by atoms with Crippen LogP contribution in [0, 0.1) is 0 Å². The lowest BCUT2D eigenvalue weighted by molar-refractivity contribution is -0.122. The van der Waals surface area contributed by atoms with Gasteiger partial charge in [-0.1, -0.05) is 36.8 Å². The zero-order valence-corrected chi connectivity index (χ0v) is 12.2. The molecule has 2 rings (SSSR count). The van der Waals surface area contributed by atoms with E-state index in [-0.39, 0.29) is 5.91 Å². The minimum Gasteiger partial charge on any atom is -0.353 e. The third-order valence-corrected chi connectivity index (χ3v) is 4.07. The van der Waals surface area contributed by atoms with Crippen molar-refractivity contribution in [1.29, 1.82) is 0 Å². The number of likely N-dealkylation sites (tertiary alicyclic amines) is 1. The van der Waals surface area contributed by atoms with Gasteiger partial charge in [0.05, 0.1) is 6.04 Å². The fourth-order valence-electron chi connectivity index (χ4n) is 2.71. The number of rotatable bonds is 5. The second-order valence-corrected chi connectivity index (χ2v) is 5.67. The van der Waals surface area contributed by atoms with Gasteiger partial charge in [-0.15, -0.1) is 0 Å². The minimum atomic E-state index is -0.466. The van der Waals surface area contributed by atoms with Gasteiger partial charge in [-0.25, -0.2) is 0 Å². The number of piperidine rings is 1. The van der Waals surface area contributed by atoms with Gasteiger partial charge < -0.3 is 16.0 Å². The molecular formula is C16H25N3O. The number of hydrogen-bond acceptors (Lipinski definition) is 3. The van der Waals surface area contributed by atoms with Crippen molar-refractivity contribution in [2.24, 2.45) is 5.73 Å². The molecule has 110 valence electrons. The Morgan fingerprint density at radius 1 is 1.40 bits per heavy atom. The highest BCUT2D eigenvalue weighted by Gasteiger charge is 2.21. The van der Waals surface area contributed by atoms with Crippen molar-refractivity contribution in [3.8, 4) is 0 Å². The summed E-state index contributed by atoms with van der Waals surface area (Å²) in [4.78, 5) is 14.4. The SMILES string of the molecule is CN1CCCCC1CNC(=O)[C@@H](N)Cc1ccccc1. The number of carbonyl (C=O) groups is 1. The molecule has 1 saturated heterocycles. The number of nitrogens with one attached hydrogen (secondary N) is 1. The van der Waals surface area contributed by atoms with Crippen molar-refractivity contribution in [1.82, 2.24) is 10.2 Å². The maximum atomic E-state index is 12.0. The number of hydrogen-bond donors (Lipinski definition) is 2. The van der Waals surface area contributed by atoms with E-state index < -0.39 is 6.04 Å². The molecule has 1 fully saturated rings. The van der Waals surface area contributed by atoms with Crippen LogP contribution < -0.4 is 11.1 Å². The smallest absolute Gasteiger partial charge is 0.237 e. The van der Waals surface area contributed by atoms with E-state index in [1.54, 1.807) is 0 Å². The molecule has 0 radical (unpaired) electrons. The summed E-state index contributed by atoms with van der Waals surface area (Å²) >= 11 is 0. The monoisotopic (exact) mass is 275 g/mol. The largest absolute Gasteiger partial charge is 0.353 e. The first-order chi connectivity index (χ1) is 9.66. The first-order valence-corrected chi connectivity index (χ1v) is 7.44. The number of likely N-dealkylation sites (N-methyl/N-ethyl adjacent to an activating group) is 1. The van der Waals surface area contributed by atoms with Crippen LogP contribution in [0.4, 0.5) is 0 Å². The van der Waals surface area contributed by atoms with Crippen molar-refractivity contribution in [2.75, 3.05) is 20.1 Å². The molecule has 4 heteroatoms. The molecule has 3 N–H and O–H groups in total. The lowest BCUT2D eigenvalue weighted by Crippen LogP contribution is -2.49. The summed E-state index contributed by atoms with van der Waals surface area (Å²) in [5.41, 5.74) is 7.08. The van der Waals surface area contributed by atoms with Gasteiger partial charge in [0.15, 0.2) is 0 Å². The Morgan fingerprint density at radius 3 is 2.85 bits per heavy atom. The van der Waals surface area contributed by atoms with E-state index in [4.69, 9.17) is 5.73 Å². The van der Waals surface area contributed by atoms with Gasteiger partial charge in [-0.2, -0.15) is 0 Å². The summed E-state index contributed by atoms with van der Waals surface area (Å²) in [7, 11) is 2.12. The van der Waals surface area contributed by atoms with Gasteiger partial charge in [-0.05, 0) is 38.4 Å². The van der Waals surface area contributed by atoms with E-state index in [2.05, 4.69) is 17.3 Å². The molecular weight excluding hydrogens is 250 g/mol. The fourth-order valence-corrected chi connectivity index (χ4v) is 2.71. The Kier molecular flexibility index (Phi) is 5.56. The van der Waals surface area contributed by atoms with Crippen LogP contribution in [0.5, 0.6) is 0 Å². The van der Waals surface area contributed by atoms with E-state index >= 15 is 0 Å². The molecule has 1 heterocycles. The van der Waals surface area contributed by atoms with Crippen LogP contribution in [0.25, 0.3) is 0 Å². The number of nitrogens with two attached hydrogens (primary N) is 1. The van der Waals surface area contributed by atoms with E-state index in [1.165, 1.54) is 12.8 Å². The average molecular weight is 275 g/mol. The summed E-state index contributed by atoms with van der Waals surface area (Å²) in [5.74, 6) is -0.0483. The predicted octanol–water partition coefficient (Wildman–Crippen LogP) is 1.16. The molecule has 1 aliphatic rings. The number of carbonyl (C=O) groups excluding carboxylic acids is 1. The maximum Gasteiger partial charge on any atom is 0.237 e. The zero-order valence-electron chi connectivity index (χ0n) is 12.2. The predicted molar refractivity (Wildman–Crippen MR) is 81.4 cm³/mol. The summed E-state index contributed by atoms with van der Waals surface area (Å²) in [6.45, 7) is 1.83. The van der Waals surface area contributed by atoms with Gasteiger partial charge in [-0.3, -0.25) is 4.79 Å². The Hall–Kier alpha value is -1.39. The Bertz CT molecular complexity index is 421. The van der Waals surface area contributed by atoms with Crippen LogP contribution in [-0.2, 0) is 11.2 Å². The number of nitrogens with zero attached hydrogens (tertiary/aromatic N) is 1. The van der Waals surface area contributed by atoms with E-state index in [1.807, 2.05) is 30.3 Å². The fraction of sp³-hybridized carbons (Fsp3) is 0.562. The Labute approximate surface area is 121 Å². The summed E-state index contributed by atoms with van der Waals surface area (Å²) < 4.78 is 0. The average Bonchev–Trinajstić information content (AvgIpc) is 2.47. The van der Waals surface area contributed by atoms with Gasteiger partial charge in [0, 0.05) is 12.6 Å². The molecule has 1 amide bonds. The van der Waals surface area contributed by atoms with E-state index in [0.717, 1.165) is 18.5 Å². The second kappa shape index (κ2) is 7.41. The maximum absolute atomic E-state index is 12.0. The lowest BCUT2D eigenvalue weighted by atomic mass is 10.0. The highest BCUT2D eigenvalue weighted by Crippen LogP contribution is 2.14. The molecule has 0 aromatic heterocycles. The minimum absolute atomic E-state index is 0.0483. The van der Waals surface area contributed by atoms with Crippen molar-refractivity contribution >= 4 is 5.91 Å². The number of amides is 1. The van der Waals surface area contributed by atoms with Crippen LogP contribution in [-0.4, -0.2) is 43.0 Å². The summed E-state index contributed by atoms with van der Waals surface area (Å²) in [6, 6.07) is 9.90. The highest BCUT2D eigenvalue weighted by molar-refractivity contribution is 5.81. The van der Waals surface area contributed by atoms with Gasteiger partial charge in [0.2, 0.25) is 5.91 Å². The standard InChI is InChI=1S/C16H25N3O/c1-19-10-6-5-9-14(19)12-18-16(20)15(17)11-13-7-3-2-4-8-13/h2-4,7-8,14-15H,5-6,9-12,17H2,1H3,(H,18,20)/t14?,15-/m0/s1. The molecule has 0 bridgehead atoms. The van der Waals surface area contributed by atoms with Gasteiger partial charge >= 0.3 is 0 Å². The third-order valence-electron chi connectivity index (χ3n) is 4.07. The number of benzene rings is 1. The molecule has 2 atom stereocenters. The quantitative estimate of drug-likeness (QED) is 0.848. The Morgan fingerprint density at radius 2 is 2.15 bits per heavy atom. The Balaban J connectivity index is 1.76. The zero-order chi connectivity index (χ0) is 14.4. The van der Waals surface area contributed by atoms with Gasteiger partial charge in [0.25, 0.3) is 0 Å². The molecule has 1 aromatic rings. The first-order valence-electron chi connectivity index (χ1n) is 7.44. The van der Waals surface area contributed by atoms with E-state index in [9.17, 15) is 4.79 Å². The van der Waals surface area contributed by atoms with Crippen molar-refractivity contribution in [3.05, 3.63) is 35.9 Å². The molecule has 0 spiro atoms. The lowest BCUT2D eigenvalue weighted by Gasteiger charge is -2.32. The van der Waals surface area contributed by atoms with Crippen LogP contribution in [0.15, 0.2) is 30.3 Å². The highest BCUT2D eigenvalue weighted by atomic mass is 16.2. The summed E-state index contributed by atoms with van der Waals surface area (Å²) in [5, 5.41) is 3.00. The van der Waals surface area contributed by atoms with Crippen LogP contribution in [0.3, 0.4) is 0 Å². The molecule has 0 aliphatic carbocycles. The summed E-state index contributed by atoms with van der Waals surface area (Å²) in [6.07, 6.45) is 4.26. The van der Waals surface area contributed by atoms with Crippen LogP contribution >= 0.6 is 0 Å². The topological polar surface area (TPSA) is 58.4 Å². The molecule has 0 saturated carbocycles. The third kappa shape index (κ3) is 4.32. The van der Waals surface area contributed by atoms with Crippen molar-refractivity contribution < 1.29 is 4.79 Å². The molecule has 1 aromatic carbocycles. The molecule has 4 nitrogen and oxygen atoms in total. The molecule has 1 unspecified atom stereocenters. The second-order valence-electron chi connectivity index (χ2n) is 5.67.